The molecular weight excluding hydrogens is 241 g/mol. The summed E-state index contributed by atoms with van der Waals surface area (Å²) in [6.45, 7) is 1.55. The predicted molar refractivity (Wildman–Crippen MR) is 50.9 cm³/mol. The first-order valence-corrected chi connectivity index (χ1v) is 5.57. The van der Waals surface area contributed by atoms with E-state index in [9.17, 15) is 17.7 Å². The van der Waals surface area contributed by atoms with E-state index < -0.39 is 22.9 Å². The lowest BCUT2D eigenvalue weighted by Gasteiger charge is -2.11. The fraction of sp³-hybridized carbons (Fsp3) is 0.333. The van der Waals surface area contributed by atoms with Crippen LogP contribution in [-0.2, 0) is 17.4 Å². The predicted octanol–water partition coefficient (Wildman–Crippen LogP) is 2.10. The summed E-state index contributed by atoms with van der Waals surface area (Å²) >= 11 is -1.63. The summed E-state index contributed by atoms with van der Waals surface area (Å²) in [6.07, 6.45) is -3.98. The molecule has 16 heavy (non-hydrogen) atoms. The third kappa shape index (κ3) is 2.65. The first kappa shape index (κ1) is 12.8. The third-order valence-corrected chi connectivity index (χ3v) is 3.12. The van der Waals surface area contributed by atoms with Gasteiger partial charge in [-0.3, -0.25) is 0 Å². The van der Waals surface area contributed by atoms with Gasteiger partial charge >= 0.3 is 6.18 Å². The van der Waals surface area contributed by atoms with Gasteiger partial charge in [0.05, 0.1) is 5.56 Å². The molecule has 0 aliphatic heterocycles. The second-order valence-electron chi connectivity index (χ2n) is 2.81. The number of halogens is 3. The molecule has 0 aliphatic carbocycles. The minimum absolute atomic E-state index is 0.137. The Kier molecular flexibility index (Phi) is 3.78. The second kappa shape index (κ2) is 4.72. The van der Waals surface area contributed by atoms with Crippen LogP contribution in [0.15, 0.2) is 17.2 Å². The molecule has 3 nitrogen and oxygen atoms in total. The van der Waals surface area contributed by atoms with Crippen LogP contribution < -0.4 is 0 Å². The molecule has 1 unspecified atom stereocenters. The quantitative estimate of drug-likeness (QED) is 0.753. The molecule has 1 aromatic rings. The Hall–Kier alpha value is -1.26. The number of nitriles is 1. The molecular formula is C9H7F3N2OS. The summed E-state index contributed by atoms with van der Waals surface area (Å²) in [4.78, 5) is 3.19. The highest BCUT2D eigenvalue weighted by atomic mass is 32.2. The van der Waals surface area contributed by atoms with Crippen LogP contribution in [0.5, 0.6) is 0 Å². The standard InChI is InChI=1S/C9H7F3N2OS/c1-2-16(15)8-3-6(9(10,11)12)5-14-7(8)4-13/h3,5H,2H2,1H3. The van der Waals surface area contributed by atoms with Gasteiger partial charge in [0.2, 0.25) is 0 Å². The maximum atomic E-state index is 12.3. The van der Waals surface area contributed by atoms with Gasteiger partial charge in [-0.25, -0.2) is 4.98 Å². The van der Waals surface area contributed by atoms with Crippen LogP contribution in [0.25, 0.3) is 0 Å². The average molecular weight is 248 g/mol. The van der Waals surface area contributed by atoms with Crippen LogP contribution in [0.3, 0.4) is 0 Å². The van der Waals surface area contributed by atoms with Crippen LogP contribution >= 0.6 is 0 Å². The first-order valence-electron chi connectivity index (χ1n) is 4.25. The molecule has 0 saturated heterocycles. The summed E-state index contributed by atoms with van der Waals surface area (Å²) < 4.78 is 48.5. The summed E-state index contributed by atoms with van der Waals surface area (Å²) in [5, 5.41) is 8.63. The molecule has 1 atom stereocenters. The van der Waals surface area contributed by atoms with Gasteiger partial charge in [0, 0.05) is 12.3 Å². The zero-order valence-corrected chi connectivity index (χ0v) is 9.02. The van der Waals surface area contributed by atoms with Crippen molar-refractivity contribution in [3.8, 4) is 6.07 Å². The Morgan fingerprint density at radius 3 is 2.62 bits per heavy atom. The number of aromatic nitrogens is 1. The van der Waals surface area contributed by atoms with Crippen molar-refractivity contribution in [3.63, 3.8) is 0 Å². The zero-order valence-electron chi connectivity index (χ0n) is 8.21. The lowest BCUT2D eigenvalue weighted by molar-refractivity contribution is -0.138. The van der Waals surface area contributed by atoms with Gasteiger partial charge in [0.15, 0.2) is 10.6 Å². The number of rotatable bonds is 2. The molecule has 0 fully saturated rings. The number of nitrogens with zero attached hydrogens (tertiary/aromatic N) is 2. The van der Waals surface area contributed by atoms with Gasteiger partial charge in [-0.15, -0.1) is 0 Å². The number of alkyl halides is 3. The Bertz CT molecular complexity index is 428. The highest BCUT2D eigenvalue weighted by Gasteiger charge is 2.33. The van der Waals surface area contributed by atoms with Crippen molar-refractivity contribution in [3.05, 3.63) is 23.5 Å². The first-order chi connectivity index (χ1) is 7.40. The fourth-order valence-electron chi connectivity index (χ4n) is 1.01. The molecule has 0 aliphatic rings. The van der Waals surface area contributed by atoms with E-state index in [1.807, 2.05) is 0 Å². The van der Waals surface area contributed by atoms with Crippen molar-refractivity contribution in [1.82, 2.24) is 4.98 Å². The van der Waals surface area contributed by atoms with E-state index >= 15 is 0 Å². The minimum Gasteiger partial charge on any atom is -0.611 e. The van der Waals surface area contributed by atoms with Crippen LogP contribution in [0.2, 0.25) is 0 Å². The lowest BCUT2D eigenvalue weighted by Crippen LogP contribution is -2.12. The largest absolute Gasteiger partial charge is 0.611 e. The topological polar surface area (TPSA) is 59.7 Å². The monoisotopic (exact) mass is 248 g/mol. The summed E-state index contributed by atoms with van der Waals surface area (Å²) in [7, 11) is 0. The Morgan fingerprint density at radius 1 is 1.56 bits per heavy atom. The van der Waals surface area contributed by atoms with E-state index in [-0.39, 0.29) is 16.3 Å². The van der Waals surface area contributed by atoms with Crippen molar-refractivity contribution in [2.24, 2.45) is 0 Å². The molecule has 0 radical (unpaired) electrons. The Balaban J connectivity index is 3.28. The van der Waals surface area contributed by atoms with Gasteiger partial charge in [0.25, 0.3) is 0 Å². The van der Waals surface area contributed by atoms with E-state index in [4.69, 9.17) is 5.26 Å². The van der Waals surface area contributed by atoms with E-state index in [1.54, 1.807) is 13.0 Å². The van der Waals surface area contributed by atoms with Crippen LogP contribution in [0.1, 0.15) is 18.2 Å². The minimum atomic E-state index is -4.55. The van der Waals surface area contributed by atoms with Crippen molar-refractivity contribution < 1.29 is 17.7 Å². The van der Waals surface area contributed by atoms with E-state index in [0.29, 0.717) is 12.3 Å². The molecule has 0 bridgehead atoms. The zero-order chi connectivity index (χ0) is 12.3. The molecule has 1 heterocycles. The maximum absolute atomic E-state index is 12.3. The highest BCUT2D eigenvalue weighted by Crippen LogP contribution is 2.30. The van der Waals surface area contributed by atoms with Gasteiger partial charge in [-0.05, 0) is 18.1 Å². The van der Waals surface area contributed by atoms with Crippen molar-refractivity contribution in [2.75, 3.05) is 5.75 Å². The summed E-state index contributed by atoms with van der Waals surface area (Å²) in [6, 6.07) is 2.33. The summed E-state index contributed by atoms with van der Waals surface area (Å²) in [5.74, 6) is 0.137. The molecule has 0 N–H and O–H groups in total. The average Bonchev–Trinajstić information content (AvgIpc) is 2.25. The van der Waals surface area contributed by atoms with Gasteiger partial charge in [-0.1, -0.05) is 0 Å². The molecule has 0 aromatic carbocycles. The lowest BCUT2D eigenvalue weighted by atomic mass is 10.2. The fourth-order valence-corrected chi connectivity index (χ4v) is 1.90. The van der Waals surface area contributed by atoms with Crippen LogP contribution in [0, 0.1) is 11.3 Å². The van der Waals surface area contributed by atoms with Gasteiger partial charge in [-0.2, -0.15) is 18.4 Å². The number of hydrogen-bond donors (Lipinski definition) is 0. The Morgan fingerprint density at radius 2 is 2.19 bits per heavy atom. The number of hydrogen-bond acceptors (Lipinski definition) is 3. The highest BCUT2D eigenvalue weighted by molar-refractivity contribution is 7.91. The molecule has 1 rings (SSSR count). The van der Waals surface area contributed by atoms with E-state index in [2.05, 4.69) is 4.98 Å². The number of pyridine rings is 1. The molecule has 0 spiro atoms. The van der Waals surface area contributed by atoms with Crippen LogP contribution in [0.4, 0.5) is 13.2 Å². The van der Waals surface area contributed by atoms with E-state index in [1.165, 1.54) is 0 Å². The second-order valence-corrected chi connectivity index (χ2v) is 4.52. The molecule has 0 saturated carbocycles. The summed E-state index contributed by atoms with van der Waals surface area (Å²) in [5.41, 5.74) is -1.23. The molecule has 0 amide bonds. The van der Waals surface area contributed by atoms with Gasteiger partial charge < -0.3 is 4.55 Å². The van der Waals surface area contributed by atoms with E-state index in [0.717, 1.165) is 0 Å². The van der Waals surface area contributed by atoms with Crippen LogP contribution in [-0.4, -0.2) is 15.3 Å². The SMILES string of the molecule is CC[S+]([O-])c1cc(C(F)(F)F)cnc1C#N. The normalized spacial score (nSPS) is 13.2. The van der Waals surface area contributed by atoms with Crippen molar-refractivity contribution >= 4 is 11.2 Å². The third-order valence-electron chi connectivity index (χ3n) is 1.79. The van der Waals surface area contributed by atoms with Crippen molar-refractivity contribution in [2.45, 2.75) is 18.0 Å². The smallest absolute Gasteiger partial charge is 0.418 e. The van der Waals surface area contributed by atoms with Crippen molar-refractivity contribution in [1.29, 1.82) is 5.26 Å². The Labute approximate surface area is 93.1 Å². The molecule has 7 heteroatoms. The van der Waals surface area contributed by atoms with Gasteiger partial charge in [0.1, 0.15) is 11.8 Å². The molecule has 86 valence electrons. The molecule has 1 aromatic heterocycles. The maximum Gasteiger partial charge on any atom is 0.418 e.